The van der Waals surface area contributed by atoms with Crippen LogP contribution in [-0.2, 0) is 0 Å². The smallest absolute Gasteiger partial charge is 0.324 e. The maximum absolute atomic E-state index is 10.6. The molecule has 0 fully saturated rings. The van der Waals surface area contributed by atoms with E-state index in [0.717, 1.165) is 0 Å². The van der Waals surface area contributed by atoms with Crippen LogP contribution >= 0.6 is 12.2 Å². The topological polar surface area (TPSA) is 57.9 Å². The van der Waals surface area contributed by atoms with Gasteiger partial charge in [0, 0.05) is 0 Å². The highest BCUT2D eigenvalue weighted by Crippen LogP contribution is 2.05. The second-order valence-electron chi connectivity index (χ2n) is 1.87. The van der Waals surface area contributed by atoms with Gasteiger partial charge in [0.05, 0.1) is 12.8 Å². The second-order valence-corrected chi connectivity index (χ2v) is 2.28. The molecule has 1 aromatic heterocycles. The molecule has 1 heterocycles. The highest BCUT2D eigenvalue weighted by atomic mass is 32.1. The van der Waals surface area contributed by atoms with E-state index in [1.165, 1.54) is 6.20 Å². The Kier molecular flexibility index (Phi) is 2.43. The number of rotatable bonds is 2. The monoisotopic (exact) mass is 172 g/mol. The molecule has 0 bridgehead atoms. The summed E-state index contributed by atoms with van der Waals surface area (Å²) in [5, 5.41) is 0. The third-order valence-corrected chi connectivity index (χ3v) is 1.39. The number of H-pyrrole nitrogens is 2. The summed E-state index contributed by atoms with van der Waals surface area (Å²) < 4.78 is 5.42. The molecule has 0 aliphatic rings. The third-order valence-electron chi connectivity index (χ3n) is 1.09. The predicted octanol–water partition coefficient (Wildman–Crippen LogP) is 0.831. The molecule has 0 radical (unpaired) electrons. The molecule has 0 atom stereocenters. The Morgan fingerprint density at radius 2 is 2.45 bits per heavy atom. The first-order valence-electron chi connectivity index (χ1n) is 3.19. The van der Waals surface area contributed by atoms with E-state index in [9.17, 15) is 4.79 Å². The summed E-state index contributed by atoms with van der Waals surface area (Å²) in [4.78, 5) is 15.4. The molecule has 0 saturated carbocycles. The van der Waals surface area contributed by atoms with Gasteiger partial charge in [-0.2, -0.15) is 0 Å². The average Bonchev–Trinajstić information content (AvgIpc) is 1.95. The van der Waals surface area contributed by atoms with Crippen LogP contribution in [0.4, 0.5) is 0 Å². The fraction of sp³-hybridized carbons (Fsp3) is 0.333. The van der Waals surface area contributed by atoms with Crippen LogP contribution < -0.4 is 10.4 Å². The van der Waals surface area contributed by atoms with Gasteiger partial charge in [0.2, 0.25) is 0 Å². The van der Waals surface area contributed by atoms with Gasteiger partial charge >= 0.3 is 5.69 Å². The molecule has 2 N–H and O–H groups in total. The van der Waals surface area contributed by atoms with Crippen LogP contribution in [-0.4, -0.2) is 16.6 Å². The molecular weight excluding hydrogens is 164 g/mol. The molecule has 5 heteroatoms. The molecular formula is C6H8N2O2S. The largest absolute Gasteiger partial charge is 0.489 e. The van der Waals surface area contributed by atoms with Crippen molar-refractivity contribution < 1.29 is 4.74 Å². The molecule has 0 aromatic carbocycles. The Morgan fingerprint density at radius 3 is 3.00 bits per heavy atom. The van der Waals surface area contributed by atoms with Gasteiger partial charge in [-0.1, -0.05) is 12.2 Å². The first kappa shape index (κ1) is 8.00. The molecule has 0 aliphatic heterocycles. The SMILES string of the molecule is CCOc1c[nH]c(=O)[nH]c1=S. The van der Waals surface area contributed by atoms with Crippen LogP contribution in [0.15, 0.2) is 11.0 Å². The summed E-state index contributed by atoms with van der Waals surface area (Å²) >= 11 is 4.80. The zero-order valence-corrected chi connectivity index (χ0v) is 6.83. The summed E-state index contributed by atoms with van der Waals surface area (Å²) in [5.41, 5.74) is -0.321. The Balaban J connectivity index is 3.10. The number of aromatic amines is 2. The minimum atomic E-state index is -0.321. The number of aromatic nitrogens is 2. The molecule has 60 valence electrons. The van der Waals surface area contributed by atoms with Gasteiger partial charge in [0.1, 0.15) is 0 Å². The highest BCUT2D eigenvalue weighted by Gasteiger charge is 1.93. The zero-order valence-electron chi connectivity index (χ0n) is 6.01. The van der Waals surface area contributed by atoms with Gasteiger partial charge in [-0.05, 0) is 6.92 Å². The predicted molar refractivity (Wildman–Crippen MR) is 43.4 cm³/mol. The molecule has 1 aromatic rings. The number of ether oxygens (including phenoxy) is 1. The Morgan fingerprint density at radius 1 is 1.73 bits per heavy atom. The fourth-order valence-electron chi connectivity index (χ4n) is 0.660. The van der Waals surface area contributed by atoms with Crippen LogP contribution in [0.1, 0.15) is 6.92 Å². The van der Waals surface area contributed by atoms with Gasteiger partial charge in [0.15, 0.2) is 10.4 Å². The van der Waals surface area contributed by atoms with Crippen molar-refractivity contribution in [3.63, 3.8) is 0 Å². The second kappa shape index (κ2) is 3.34. The minimum absolute atomic E-state index is 0.321. The van der Waals surface area contributed by atoms with Crippen molar-refractivity contribution in [2.75, 3.05) is 6.61 Å². The van der Waals surface area contributed by atoms with Crippen molar-refractivity contribution in [3.8, 4) is 5.75 Å². The van der Waals surface area contributed by atoms with E-state index in [4.69, 9.17) is 17.0 Å². The van der Waals surface area contributed by atoms with Crippen molar-refractivity contribution in [1.29, 1.82) is 0 Å². The number of hydrogen-bond donors (Lipinski definition) is 2. The molecule has 0 amide bonds. The summed E-state index contributed by atoms with van der Waals surface area (Å²) in [7, 11) is 0. The first-order chi connectivity index (χ1) is 5.24. The van der Waals surface area contributed by atoms with Crippen LogP contribution in [0, 0.1) is 4.64 Å². The number of hydrogen-bond acceptors (Lipinski definition) is 3. The van der Waals surface area contributed by atoms with Gasteiger partial charge in [0.25, 0.3) is 0 Å². The zero-order chi connectivity index (χ0) is 8.27. The Bertz CT molecular complexity index is 341. The first-order valence-corrected chi connectivity index (χ1v) is 3.59. The maximum atomic E-state index is 10.6. The van der Waals surface area contributed by atoms with Crippen LogP contribution in [0.2, 0.25) is 0 Å². The lowest BCUT2D eigenvalue weighted by Crippen LogP contribution is -2.10. The van der Waals surface area contributed by atoms with E-state index in [2.05, 4.69) is 9.97 Å². The molecule has 11 heavy (non-hydrogen) atoms. The molecule has 4 nitrogen and oxygen atoms in total. The number of nitrogens with one attached hydrogen (secondary N) is 2. The Labute approximate surface area is 68.2 Å². The molecule has 0 unspecified atom stereocenters. The van der Waals surface area contributed by atoms with E-state index < -0.39 is 0 Å². The quantitative estimate of drug-likeness (QED) is 0.650. The lowest BCUT2D eigenvalue weighted by atomic mass is 10.6. The van der Waals surface area contributed by atoms with Crippen LogP contribution in [0.25, 0.3) is 0 Å². The van der Waals surface area contributed by atoms with Crippen LogP contribution in [0.3, 0.4) is 0 Å². The van der Waals surface area contributed by atoms with Gasteiger partial charge < -0.3 is 9.72 Å². The molecule has 0 saturated heterocycles. The van der Waals surface area contributed by atoms with Crippen molar-refractivity contribution in [2.24, 2.45) is 0 Å². The molecule has 0 aliphatic carbocycles. The normalized spacial score (nSPS) is 9.55. The Hall–Kier alpha value is -1.10. The fourth-order valence-corrected chi connectivity index (χ4v) is 0.871. The van der Waals surface area contributed by atoms with E-state index in [1.807, 2.05) is 6.92 Å². The summed E-state index contributed by atoms with van der Waals surface area (Å²) in [6.07, 6.45) is 1.45. The summed E-state index contributed by atoms with van der Waals surface area (Å²) in [6.45, 7) is 2.38. The van der Waals surface area contributed by atoms with Crippen molar-refractivity contribution in [2.45, 2.75) is 6.92 Å². The summed E-state index contributed by atoms with van der Waals surface area (Å²) in [6, 6.07) is 0. The standard InChI is InChI=1S/C6H8N2O2S/c1-2-10-4-3-7-6(9)8-5(4)11/h3H,2H2,1H3,(H2,7,8,9,11). The van der Waals surface area contributed by atoms with Gasteiger partial charge in [-0.15, -0.1) is 0 Å². The van der Waals surface area contributed by atoms with Gasteiger partial charge in [-0.25, -0.2) is 4.79 Å². The third kappa shape index (κ3) is 1.91. The van der Waals surface area contributed by atoms with Crippen molar-refractivity contribution in [1.82, 2.24) is 9.97 Å². The summed E-state index contributed by atoms with van der Waals surface area (Å²) in [5.74, 6) is 0.502. The van der Waals surface area contributed by atoms with E-state index in [1.54, 1.807) is 0 Å². The molecule has 0 spiro atoms. The van der Waals surface area contributed by atoms with Crippen molar-refractivity contribution in [3.05, 3.63) is 21.3 Å². The van der Waals surface area contributed by atoms with E-state index in [0.29, 0.717) is 17.0 Å². The van der Waals surface area contributed by atoms with E-state index in [-0.39, 0.29) is 5.69 Å². The maximum Gasteiger partial charge on any atom is 0.324 e. The lowest BCUT2D eigenvalue weighted by molar-refractivity contribution is 0.335. The average molecular weight is 172 g/mol. The molecule has 1 rings (SSSR count). The minimum Gasteiger partial charge on any atom is -0.489 e. The lowest BCUT2D eigenvalue weighted by Gasteiger charge is -1.99. The van der Waals surface area contributed by atoms with E-state index >= 15 is 0 Å². The van der Waals surface area contributed by atoms with Crippen molar-refractivity contribution >= 4 is 12.2 Å². The van der Waals surface area contributed by atoms with Crippen LogP contribution in [0.5, 0.6) is 5.75 Å². The van der Waals surface area contributed by atoms with Gasteiger partial charge in [-0.3, -0.25) is 4.98 Å². The highest BCUT2D eigenvalue weighted by molar-refractivity contribution is 7.71.